The molecule has 0 bridgehead atoms. The van der Waals surface area contributed by atoms with Gasteiger partial charge in [-0.25, -0.2) is 4.98 Å². The number of carbonyl (C=O) groups is 2. The fraction of sp³-hybridized carbons (Fsp3) is 0.214. The highest BCUT2D eigenvalue weighted by atomic mass is 35.5. The molecule has 2 amide bonds. The zero-order valence-corrected chi connectivity index (χ0v) is 13.4. The van der Waals surface area contributed by atoms with Gasteiger partial charge in [-0.15, -0.1) is 11.3 Å². The van der Waals surface area contributed by atoms with E-state index in [9.17, 15) is 9.59 Å². The molecule has 110 valence electrons. The minimum absolute atomic E-state index is 0.415. The average molecular weight is 324 g/mol. The fourth-order valence-electron chi connectivity index (χ4n) is 1.63. The van der Waals surface area contributed by atoms with Gasteiger partial charge in [-0.3, -0.25) is 14.9 Å². The Hall–Kier alpha value is -1.92. The third-order valence-electron chi connectivity index (χ3n) is 2.89. The molecule has 2 rings (SSSR count). The highest BCUT2D eigenvalue weighted by molar-refractivity contribution is 7.15. The summed E-state index contributed by atoms with van der Waals surface area (Å²) in [4.78, 5) is 28.9. The summed E-state index contributed by atoms with van der Waals surface area (Å²) < 4.78 is 0. The zero-order valence-electron chi connectivity index (χ0n) is 11.8. The molecule has 5 nitrogen and oxygen atoms in total. The van der Waals surface area contributed by atoms with Crippen LogP contribution in [0, 0.1) is 20.8 Å². The number of aromatic nitrogens is 1. The van der Waals surface area contributed by atoms with Gasteiger partial charge >= 0.3 is 11.8 Å². The van der Waals surface area contributed by atoms with Crippen LogP contribution in [0.2, 0.25) is 5.02 Å². The van der Waals surface area contributed by atoms with Crippen LogP contribution < -0.4 is 10.6 Å². The van der Waals surface area contributed by atoms with Crippen molar-refractivity contribution >= 4 is 45.6 Å². The third kappa shape index (κ3) is 3.80. The Balaban J connectivity index is 2.04. The molecule has 1 aromatic carbocycles. The maximum Gasteiger partial charge on any atom is 0.315 e. The first-order chi connectivity index (χ1) is 9.86. The Morgan fingerprint density at radius 1 is 1.14 bits per heavy atom. The summed E-state index contributed by atoms with van der Waals surface area (Å²) in [6.45, 7) is 5.55. The number of halogens is 1. The van der Waals surface area contributed by atoms with Gasteiger partial charge in [0.25, 0.3) is 0 Å². The predicted molar refractivity (Wildman–Crippen MR) is 85.0 cm³/mol. The van der Waals surface area contributed by atoms with Crippen LogP contribution in [0.1, 0.15) is 16.1 Å². The van der Waals surface area contributed by atoms with Crippen LogP contribution in [-0.4, -0.2) is 16.8 Å². The summed E-state index contributed by atoms with van der Waals surface area (Å²) in [5, 5.41) is 6.02. The first kappa shape index (κ1) is 15.5. The van der Waals surface area contributed by atoms with Gasteiger partial charge in [0.05, 0.1) is 5.69 Å². The van der Waals surface area contributed by atoms with Crippen molar-refractivity contribution in [3.05, 3.63) is 39.4 Å². The molecule has 0 aliphatic rings. The zero-order chi connectivity index (χ0) is 15.6. The van der Waals surface area contributed by atoms with E-state index < -0.39 is 11.8 Å². The van der Waals surface area contributed by atoms with Crippen molar-refractivity contribution in [3.63, 3.8) is 0 Å². The lowest BCUT2D eigenvalue weighted by molar-refractivity contribution is -0.133. The first-order valence-corrected chi connectivity index (χ1v) is 7.39. The Morgan fingerprint density at radius 2 is 1.81 bits per heavy atom. The van der Waals surface area contributed by atoms with E-state index in [1.807, 2.05) is 13.8 Å². The van der Waals surface area contributed by atoms with Gasteiger partial charge in [-0.1, -0.05) is 11.6 Å². The number of nitrogens with one attached hydrogen (secondary N) is 2. The number of carbonyl (C=O) groups excluding carboxylic acids is 2. The second kappa shape index (κ2) is 6.24. The van der Waals surface area contributed by atoms with E-state index >= 15 is 0 Å². The van der Waals surface area contributed by atoms with E-state index in [2.05, 4.69) is 15.6 Å². The highest BCUT2D eigenvalue weighted by Gasteiger charge is 2.17. The van der Waals surface area contributed by atoms with Crippen LogP contribution in [-0.2, 0) is 9.59 Å². The Labute approximate surface area is 131 Å². The summed E-state index contributed by atoms with van der Waals surface area (Å²) in [7, 11) is 0. The number of thiazole rings is 1. The molecule has 1 aromatic heterocycles. The molecule has 1 heterocycles. The van der Waals surface area contributed by atoms with E-state index in [0.29, 0.717) is 15.8 Å². The lowest BCUT2D eigenvalue weighted by Crippen LogP contribution is -2.29. The molecule has 0 fully saturated rings. The smallest absolute Gasteiger partial charge is 0.315 e. The maximum atomic E-state index is 11.9. The molecule has 0 aliphatic heterocycles. The predicted octanol–water partition coefficient (Wildman–Crippen LogP) is 3.30. The van der Waals surface area contributed by atoms with Crippen molar-refractivity contribution in [2.75, 3.05) is 10.6 Å². The summed E-state index contributed by atoms with van der Waals surface area (Å²) in [6, 6.07) is 5.01. The number of hydrogen-bond acceptors (Lipinski definition) is 4. The van der Waals surface area contributed by atoms with Crippen LogP contribution in [0.25, 0.3) is 0 Å². The van der Waals surface area contributed by atoms with Gasteiger partial charge in [-0.05, 0) is 44.5 Å². The third-order valence-corrected chi connectivity index (χ3v) is 4.12. The molecule has 2 aromatic rings. The van der Waals surface area contributed by atoms with Crippen molar-refractivity contribution in [1.82, 2.24) is 4.98 Å². The molecule has 0 radical (unpaired) electrons. The number of hydrogen-bond donors (Lipinski definition) is 2. The molecule has 0 unspecified atom stereocenters. The molecular formula is C14H14ClN3O2S. The van der Waals surface area contributed by atoms with Gasteiger partial charge < -0.3 is 5.32 Å². The summed E-state index contributed by atoms with van der Waals surface area (Å²) in [5.41, 5.74) is 2.17. The molecular weight excluding hydrogens is 310 g/mol. The molecule has 0 atom stereocenters. The number of rotatable bonds is 2. The summed E-state index contributed by atoms with van der Waals surface area (Å²) in [6.07, 6.45) is 0. The minimum atomic E-state index is -0.752. The van der Waals surface area contributed by atoms with E-state index in [0.717, 1.165) is 16.1 Å². The van der Waals surface area contributed by atoms with Crippen LogP contribution in [0.15, 0.2) is 18.2 Å². The second-order valence-corrected chi connectivity index (χ2v) is 6.17. The number of anilines is 2. The summed E-state index contributed by atoms with van der Waals surface area (Å²) in [5.74, 6) is -1.50. The second-order valence-electron chi connectivity index (χ2n) is 4.53. The molecule has 7 heteroatoms. The maximum absolute atomic E-state index is 11.9. The van der Waals surface area contributed by atoms with Crippen molar-refractivity contribution in [1.29, 1.82) is 0 Å². The van der Waals surface area contributed by atoms with Crippen LogP contribution >= 0.6 is 22.9 Å². The molecule has 0 saturated carbocycles. The SMILES string of the molecule is Cc1cc(Cl)ccc1NC(=O)C(=O)Nc1nc(C)c(C)s1. The lowest BCUT2D eigenvalue weighted by atomic mass is 10.2. The van der Waals surface area contributed by atoms with Crippen LogP contribution in [0.5, 0.6) is 0 Å². The van der Waals surface area contributed by atoms with E-state index in [-0.39, 0.29) is 0 Å². The van der Waals surface area contributed by atoms with Crippen molar-refractivity contribution in [2.24, 2.45) is 0 Å². The van der Waals surface area contributed by atoms with E-state index in [4.69, 9.17) is 11.6 Å². The first-order valence-electron chi connectivity index (χ1n) is 6.19. The molecule has 0 aliphatic carbocycles. The monoisotopic (exact) mass is 323 g/mol. The summed E-state index contributed by atoms with van der Waals surface area (Å²) >= 11 is 7.17. The van der Waals surface area contributed by atoms with Crippen molar-refractivity contribution < 1.29 is 9.59 Å². The fourth-order valence-corrected chi connectivity index (χ4v) is 2.66. The molecule has 2 N–H and O–H groups in total. The quantitative estimate of drug-likeness (QED) is 0.833. The van der Waals surface area contributed by atoms with Crippen molar-refractivity contribution in [2.45, 2.75) is 20.8 Å². The highest BCUT2D eigenvalue weighted by Crippen LogP contribution is 2.22. The largest absolute Gasteiger partial charge is 0.318 e. The van der Waals surface area contributed by atoms with Crippen molar-refractivity contribution in [3.8, 4) is 0 Å². The number of benzene rings is 1. The molecule has 0 spiro atoms. The van der Waals surface area contributed by atoms with E-state index in [1.54, 1.807) is 25.1 Å². The topological polar surface area (TPSA) is 71.1 Å². The van der Waals surface area contributed by atoms with Gasteiger partial charge in [0.1, 0.15) is 0 Å². The van der Waals surface area contributed by atoms with Gasteiger partial charge in [-0.2, -0.15) is 0 Å². The molecule has 21 heavy (non-hydrogen) atoms. The van der Waals surface area contributed by atoms with Crippen LogP contribution in [0.3, 0.4) is 0 Å². The Bertz CT molecular complexity index is 693. The molecule has 0 saturated heterocycles. The van der Waals surface area contributed by atoms with Crippen LogP contribution in [0.4, 0.5) is 10.8 Å². The van der Waals surface area contributed by atoms with Gasteiger partial charge in [0, 0.05) is 15.6 Å². The van der Waals surface area contributed by atoms with Gasteiger partial charge in [0.2, 0.25) is 0 Å². The number of nitrogens with zero attached hydrogens (tertiary/aromatic N) is 1. The lowest BCUT2D eigenvalue weighted by Gasteiger charge is -2.08. The Morgan fingerprint density at radius 3 is 2.38 bits per heavy atom. The van der Waals surface area contributed by atoms with E-state index in [1.165, 1.54) is 11.3 Å². The number of aryl methyl sites for hydroxylation is 3. The standard InChI is InChI=1S/C14H14ClN3O2S/c1-7-6-10(15)4-5-11(7)17-12(19)13(20)18-14-16-8(2)9(3)21-14/h4-6H,1-3H3,(H,17,19)(H,16,18,20). The number of amides is 2. The minimum Gasteiger partial charge on any atom is -0.318 e. The normalized spacial score (nSPS) is 10.3. The Kier molecular flexibility index (Phi) is 4.59. The van der Waals surface area contributed by atoms with Gasteiger partial charge in [0.15, 0.2) is 5.13 Å². The average Bonchev–Trinajstić information content (AvgIpc) is 2.71.